The van der Waals surface area contributed by atoms with E-state index in [1.807, 2.05) is 0 Å². The molecule has 0 saturated carbocycles. The molecule has 0 amide bonds. The lowest BCUT2D eigenvalue weighted by Crippen LogP contribution is -2.07. The van der Waals surface area contributed by atoms with Crippen LogP contribution in [0, 0.1) is 13.8 Å². The van der Waals surface area contributed by atoms with Crippen molar-refractivity contribution in [1.29, 1.82) is 0 Å². The Bertz CT molecular complexity index is 460. The number of nitrogens with one attached hydrogen (secondary N) is 1. The van der Waals surface area contributed by atoms with Crippen LogP contribution in [0.25, 0.3) is 0 Å². The van der Waals surface area contributed by atoms with Gasteiger partial charge < -0.3 is 5.32 Å². The minimum Gasteiger partial charge on any atom is -0.378 e. The highest BCUT2D eigenvalue weighted by Gasteiger charge is 2.08. The zero-order valence-electron chi connectivity index (χ0n) is 9.95. The van der Waals surface area contributed by atoms with E-state index in [-0.39, 0.29) is 0 Å². The first kappa shape index (κ1) is 11.2. The molecule has 0 aliphatic rings. The average molecular weight is 231 g/mol. The van der Waals surface area contributed by atoms with E-state index in [4.69, 9.17) is 0 Å². The van der Waals surface area contributed by atoms with E-state index in [9.17, 15) is 0 Å². The van der Waals surface area contributed by atoms with Gasteiger partial charge in [0, 0.05) is 17.1 Å². The number of hydrogen-bond acceptors (Lipinski definition) is 2. The Morgan fingerprint density at radius 1 is 1.19 bits per heavy atom. The predicted octanol–water partition coefficient (Wildman–Crippen LogP) is 4.54. The third-order valence-electron chi connectivity index (χ3n) is 2.80. The summed E-state index contributed by atoms with van der Waals surface area (Å²) in [5.41, 5.74) is 5.26. The summed E-state index contributed by atoms with van der Waals surface area (Å²) >= 11 is 1.72. The van der Waals surface area contributed by atoms with Crippen molar-refractivity contribution in [2.45, 2.75) is 26.8 Å². The fraction of sp³-hybridized carbons (Fsp3) is 0.286. The molecule has 1 unspecified atom stereocenters. The van der Waals surface area contributed by atoms with Crippen molar-refractivity contribution in [3.05, 3.63) is 51.7 Å². The fourth-order valence-corrected chi connectivity index (χ4v) is 2.58. The second-order valence-electron chi connectivity index (χ2n) is 4.24. The van der Waals surface area contributed by atoms with Crippen molar-refractivity contribution >= 4 is 17.0 Å². The molecule has 2 aromatic rings. The maximum atomic E-state index is 3.51. The van der Waals surface area contributed by atoms with E-state index in [1.54, 1.807) is 11.3 Å². The van der Waals surface area contributed by atoms with Crippen LogP contribution in [0.5, 0.6) is 0 Å². The van der Waals surface area contributed by atoms with E-state index in [0.29, 0.717) is 6.04 Å². The van der Waals surface area contributed by atoms with Crippen LogP contribution in [-0.4, -0.2) is 0 Å². The monoisotopic (exact) mass is 231 g/mol. The summed E-state index contributed by atoms with van der Waals surface area (Å²) in [4.78, 5) is 0. The number of benzene rings is 1. The maximum Gasteiger partial charge on any atom is 0.0488 e. The molecule has 0 saturated heterocycles. The molecule has 0 aliphatic heterocycles. The highest BCUT2D eigenvalue weighted by molar-refractivity contribution is 7.08. The molecular formula is C14H17NS. The van der Waals surface area contributed by atoms with Gasteiger partial charge in [0.25, 0.3) is 0 Å². The summed E-state index contributed by atoms with van der Waals surface area (Å²) < 4.78 is 0. The van der Waals surface area contributed by atoms with Gasteiger partial charge in [-0.3, -0.25) is 0 Å². The van der Waals surface area contributed by atoms with Crippen molar-refractivity contribution < 1.29 is 0 Å². The van der Waals surface area contributed by atoms with E-state index >= 15 is 0 Å². The van der Waals surface area contributed by atoms with E-state index in [1.165, 1.54) is 22.4 Å². The average Bonchev–Trinajstić information content (AvgIpc) is 2.70. The Morgan fingerprint density at radius 3 is 2.62 bits per heavy atom. The summed E-state index contributed by atoms with van der Waals surface area (Å²) in [6.45, 7) is 6.51. The maximum absolute atomic E-state index is 3.51. The van der Waals surface area contributed by atoms with Crippen LogP contribution in [0.3, 0.4) is 0 Å². The number of rotatable bonds is 3. The van der Waals surface area contributed by atoms with Gasteiger partial charge in [0.2, 0.25) is 0 Å². The molecule has 1 heterocycles. The highest BCUT2D eigenvalue weighted by Crippen LogP contribution is 2.23. The Labute approximate surface area is 101 Å². The Hall–Kier alpha value is -1.28. The molecular weight excluding hydrogens is 214 g/mol. The molecule has 2 heteroatoms. The van der Waals surface area contributed by atoms with Crippen molar-refractivity contribution in [2.75, 3.05) is 5.32 Å². The zero-order valence-corrected chi connectivity index (χ0v) is 10.8. The first-order chi connectivity index (χ1) is 7.66. The molecule has 1 N–H and O–H groups in total. The van der Waals surface area contributed by atoms with Crippen molar-refractivity contribution in [1.82, 2.24) is 0 Å². The van der Waals surface area contributed by atoms with E-state index in [2.05, 4.69) is 61.1 Å². The molecule has 1 atom stereocenters. The summed E-state index contributed by atoms with van der Waals surface area (Å²) in [5, 5.41) is 7.74. The third-order valence-corrected chi connectivity index (χ3v) is 3.48. The summed E-state index contributed by atoms with van der Waals surface area (Å²) in [5.74, 6) is 0. The molecule has 84 valence electrons. The highest BCUT2D eigenvalue weighted by atomic mass is 32.1. The summed E-state index contributed by atoms with van der Waals surface area (Å²) in [7, 11) is 0. The molecule has 0 radical (unpaired) electrons. The number of thiophene rings is 1. The normalized spacial score (nSPS) is 12.4. The van der Waals surface area contributed by atoms with Crippen LogP contribution in [-0.2, 0) is 0 Å². The zero-order chi connectivity index (χ0) is 11.5. The Balaban J connectivity index is 2.17. The molecule has 1 nitrogen and oxygen atoms in total. The molecule has 1 aromatic carbocycles. The van der Waals surface area contributed by atoms with Gasteiger partial charge in [0.1, 0.15) is 0 Å². The second-order valence-corrected chi connectivity index (χ2v) is 5.02. The van der Waals surface area contributed by atoms with Crippen molar-refractivity contribution in [3.8, 4) is 0 Å². The van der Waals surface area contributed by atoms with Gasteiger partial charge >= 0.3 is 0 Å². The first-order valence-electron chi connectivity index (χ1n) is 5.52. The largest absolute Gasteiger partial charge is 0.378 e. The lowest BCUT2D eigenvalue weighted by atomic mass is 10.0. The Kier molecular flexibility index (Phi) is 3.30. The molecule has 0 fully saturated rings. The predicted molar refractivity (Wildman–Crippen MR) is 72.3 cm³/mol. The first-order valence-corrected chi connectivity index (χ1v) is 6.47. The number of aryl methyl sites for hydroxylation is 2. The molecule has 16 heavy (non-hydrogen) atoms. The van der Waals surface area contributed by atoms with E-state index in [0.717, 1.165) is 0 Å². The SMILES string of the molecule is Cc1ccc(C(C)Nc2ccsc2)c(C)c1. The lowest BCUT2D eigenvalue weighted by Gasteiger charge is -2.17. The molecule has 1 aromatic heterocycles. The van der Waals surface area contributed by atoms with Crippen molar-refractivity contribution in [2.24, 2.45) is 0 Å². The molecule has 0 aliphatic carbocycles. The van der Waals surface area contributed by atoms with Crippen LogP contribution in [0.2, 0.25) is 0 Å². The van der Waals surface area contributed by atoms with Crippen LogP contribution in [0.15, 0.2) is 35.0 Å². The van der Waals surface area contributed by atoms with Gasteiger partial charge in [-0.1, -0.05) is 23.8 Å². The minimum absolute atomic E-state index is 0.357. The van der Waals surface area contributed by atoms with Crippen LogP contribution >= 0.6 is 11.3 Å². The molecule has 0 bridgehead atoms. The Morgan fingerprint density at radius 2 is 2.00 bits per heavy atom. The van der Waals surface area contributed by atoms with Gasteiger partial charge in [0.05, 0.1) is 0 Å². The third kappa shape index (κ3) is 2.45. The van der Waals surface area contributed by atoms with Crippen LogP contribution in [0.4, 0.5) is 5.69 Å². The second kappa shape index (κ2) is 4.71. The van der Waals surface area contributed by atoms with Gasteiger partial charge in [-0.2, -0.15) is 11.3 Å². The van der Waals surface area contributed by atoms with Gasteiger partial charge in [-0.05, 0) is 43.3 Å². The topological polar surface area (TPSA) is 12.0 Å². The van der Waals surface area contributed by atoms with Gasteiger partial charge in [-0.25, -0.2) is 0 Å². The minimum atomic E-state index is 0.357. The van der Waals surface area contributed by atoms with Gasteiger partial charge in [0.15, 0.2) is 0 Å². The fourth-order valence-electron chi connectivity index (χ4n) is 1.99. The van der Waals surface area contributed by atoms with E-state index < -0.39 is 0 Å². The lowest BCUT2D eigenvalue weighted by molar-refractivity contribution is 0.874. The summed E-state index contributed by atoms with van der Waals surface area (Å²) in [6, 6.07) is 9.10. The van der Waals surface area contributed by atoms with Crippen LogP contribution in [0.1, 0.15) is 29.7 Å². The molecule has 2 rings (SSSR count). The van der Waals surface area contributed by atoms with Crippen LogP contribution < -0.4 is 5.32 Å². The summed E-state index contributed by atoms with van der Waals surface area (Å²) in [6.07, 6.45) is 0. The quantitative estimate of drug-likeness (QED) is 0.818. The number of hydrogen-bond donors (Lipinski definition) is 1. The van der Waals surface area contributed by atoms with Crippen molar-refractivity contribution in [3.63, 3.8) is 0 Å². The molecule has 0 spiro atoms. The van der Waals surface area contributed by atoms with Gasteiger partial charge in [-0.15, -0.1) is 0 Å². The standard InChI is InChI=1S/C14H17NS/c1-10-4-5-14(11(2)8-10)12(3)15-13-6-7-16-9-13/h4-9,12,15H,1-3H3. The smallest absolute Gasteiger partial charge is 0.0488 e. The number of anilines is 1.